The summed E-state index contributed by atoms with van der Waals surface area (Å²) >= 11 is 0. The van der Waals surface area contributed by atoms with Gasteiger partial charge in [-0.15, -0.1) is 0 Å². The second kappa shape index (κ2) is 8.34. The van der Waals surface area contributed by atoms with Gasteiger partial charge in [-0.2, -0.15) is 31.4 Å². The Morgan fingerprint density at radius 3 is 2.38 bits per heavy atom. The fraction of sp³-hybridized carbons (Fsp3) is 0.737. The van der Waals surface area contributed by atoms with Gasteiger partial charge in [-0.1, -0.05) is 0 Å². The molecule has 1 aliphatic carbocycles. The first-order valence-corrected chi connectivity index (χ1v) is 10.5. The molecule has 2 saturated heterocycles. The molecule has 15 heteroatoms. The number of nitrogens with one attached hydrogen (secondary N) is 1. The van der Waals surface area contributed by atoms with Crippen LogP contribution < -0.4 is 5.32 Å². The molecule has 4 rings (SSSR count). The summed E-state index contributed by atoms with van der Waals surface area (Å²) in [6.07, 6.45) is -15.4. The van der Waals surface area contributed by atoms with E-state index in [1.807, 2.05) is 0 Å². The third-order valence-electron chi connectivity index (χ3n) is 6.28. The summed E-state index contributed by atoms with van der Waals surface area (Å²) in [4.78, 5) is 25.0. The largest absolute Gasteiger partial charge is 0.491 e. The van der Waals surface area contributed by atoms with E-state index in [1.54, 1.807) is 0 Å². The molecule has 34 heavy (non-hydrogen) atoms. The summed E-state index contributed by atoms with van der Waals surface area (Å²) in [6, 6.07) is -2.28. The summed E-state index contributed by atoms with van der Waals surface area (Å²) in [6.45, 7) is 0.237. The van der Waals surface area contributed by atoms with Crippen LogP contribution in [0.2, 0.25) is 0 Å². The third kappa shape index (κ3) is 4.58. The van der Waals surface area contributed by atoms with Crippen LogP contribution >= 0.6 is 0 Å². The molecule has 0 aromatic carbocycles. The maximum atomic E-state index is 14.1. The minimum absolute atomic E-state index is 0.0115. The number of hydrogen-bond donors (Lipinski definition) is 1. The number of aromatic nitrogens is 2. The number of rotatable bonds is 4. The van der Waals surface area contributed by atoms with Crippen LogP contribution in [-0.2, 0) is 27.2 Å². The average Bonchev–Trinajstić information content (AvgIpc) is 3.28. The molecule has 1 unspecified atom stereocenters. The Morgan fingerprint density at radius 2 is 1.82 bits per heavy atom. The number of fused-ring (bicyclic) bond motifs is 1. The van der Waals surface area contributed by atoms with Gasteiger partial charge in [-0.25, -0.2) is 18.3 Å². The predicted octanol–water partition coefficient (Wildman–Crippen LogP) is 2.85. The van der Waals surface area contributed by atoms with E-state index in [2.05, 4.69) is 15.2 Å². The Balaban J connectivity index is 1.77. The Bertz CT molecular complexity index is 970. The zero-order valence-corrected chi connectivity index (χ0v) is 17.5. The maximum Gasteiger partial charge on any atom is 0.491 e. The number of nitrogens with zero attached hydrogens (tertiary/aromatic N) is 3. The normalized spacial score (nSPS) is 23.9. The zero-order chi connectivity index (χ0) is 25.1. The van der Waals surface area contributed by atoms with Gasteiger partial charge in [0.05, 0.1) is 5.69 Å². The summed E-state index contributed by atoms with van der Waals surface area (Å²) in [7, 11) is 0. The van der Waals surface area contributed by atoms with Crippen molar-refractivity contribution in [2.45, 2.75) is 68.6 Å². The van der Waals surface area contributed by atoms with E-state index in [-0.39, 0.29) is 29.3 Å². The highest BCUT2D eigenvalue weighted by Gasteiger charge is 2.52. The van der Waals surface area contributed by atoms with Crippen LogP contribution in [-0.4, -0.2) is 70.5 Å². The lowest BCUT2D eigenvalue weighted by Crippen LogP contribution is -2.49. The quantitative estimate of drug-likeness (QED) is 0.504. The molecule has 3 heterocycles. The van der Waals surface area contributed by atoms with Gasteiger partial charge in [0, 0.05) is 49.7 Å². The van der Waals surface area contributed by atoms with Gasteiger partial charge < -0.3 is 15.0 Å². The number of carbonyl (C=O) groups excluding carboxylic acids is 2. The highest BCUT2D eigenvalue weighted by atomic mass is 19.4. The van der Waals surface area contributed by atoms with E-state index < -0.39 is 74.6 Å². The van der Waals surface area contributed by atoms with Crippen molar-refractivity contribution in [2.75, 3.05) is 19.6 Å². The standard InChI is InChI=1S/C19H20F8N4O3/c20-17(21)4-3-11-10(6-17)13(9-7-28-8-9)29-31(11)15(34-16(33)19(25,26)27)14(32)30-5-1-2-12(30)18(22,23)24/h9,12,15,28H,1-8H2/t12-,15?/m0/s1. The topological polar surface area (TPSA) is 76.5 Å². The van der Waals surface area contributed by atoms with E-state index in [0.717, 1.165) is 0 Å². The summed E-state index contributed by atoms with van der Waals surface area (Å²) in [5.74, 6) is -7.86. The number of amides is 1. The first-order chi connectivity index (χ1) is 15.7. The fourth-order valence-corrected chi connectivity index (χ4v) is 4.52. The summed E-state index contributed by atoms with van der Waals surface area (Å²) < 4.78 is 112. The molecule has 190 valence electrons. The number of ether oxygens (including phenoxy) is 1. The Kier molecular flexibility index (Phi) is 6.05. The molecule has 7 nitrogen and oxygen atoms in total. The van der Waals surface area contributed by atoms with Crippen molar-refractivity contribution in [3.8, 4) is 0 Å². The average molecular weight is 504 g/mol. The van der Waals surface area contributed by atoms with Crippen LogP contribution in [0.5, 0.6) is 0 Å². The van der Waals surface area contributed by atoms with Gasteiger partial charge in [0.25, 0.3) is 18.1 Å². The second-order valence-electron chi connectivity index (χ2n) is 8.63. The Hall–Kier alpha value is -2.45. The molecular weight excluding hydrogens is 484 g/mol. The monoisotopic (exact) mass is 504 g/mol. The first-order valence-electron chi connectivity index (χ1n) is 10.5. The summed E-state index contributed by atoms with van der Waals surface area (Å²) in [5.41, 5.74) is 0.0593. The molecule has 1 aromatic heterocycles. The molecule has 3 aliphatic rings. The van der Waals surface area contributed by atoms with Gasteiger partial charge in [-0.3, -0.25) is 4.79 Å². The van der Waals surface area contributed by atoms with Crippen LogP contribution in [0.4, 0.5) is 35.1 Å². The van der Waals surface area contributed by atoms with Gasteiger partial charge in [0.1, 0.15) is 6.04 Å². The lowest BCUT2D eigenvalue weighted by molar-refractivity contribution is -0.215. The van der Waals surface area contributed by atoms with Crippen molar-refractivity contribution in [1.29, 1.82) is 0 Å². The van der Waals surface area contributed by atoms with Crippen LogP contribution in [0.15, 0.2) is 0 Å². The molecule has 0 saturated carbocycles. The molecule has 2 atom stereocenters. The Labute approximate surface area is 187 Å². The highest BCUT2D eigenvalue weighted by Crippen LogP contribution is 2.40. The lowest BCUT2D eigenvalue weighted by atomic mass is 9.87. The fourth-order valence-electron chi connectivity index (χ4n) is 4.52. The van der Waals surface area contributed by atoms with Crippen molar-refractivity contribution in [3.63, 3.8) is 0 Å². The van der Waals surface area contributed by atoms with E-state index in [9.17, 15) is 44.7 Å². The zero-order valence-electron chi connectivity index (χ0n) is 17.5. The van der Waals surface area contributed by atoms with E-state index in [0.29, 0.717) is 22.7 Å². The SMILES string of the molecule is O=C(C(OC(=O)C(F)(F)F)n1nc(C2CNC2)c2c1CCC(F)(F)C2)N1CCC[C@H]1C(F)(F)F. The molecule has 2 fully saturated rings. The molecule has 0 radical (unpaired) electrons. The lowest BCUT2D eigenvalue weighted by Gasteiger charge is -2.31. The van der Waals surface area contributed by atoms with Crippen molar-refractivity contribution in [1.82, 2.24) is 20.0 Å². The van der Waals surface area contributed by atoms with E-state index >= 15 is 0 Å². The first kappa shape index (κ1) is 24.7. The van der Waals surface area contributed by atoms with Crippen molar-refractivity contribution >= 4 is 11.9 Å². The number of alkyl halides is 8. The maximum absolute atomic E-state index is 14.1. The predicted molar refractivity (Wildman–Crippen MR) is 96.8 cm³/mol. The number of esters is 1. The van der Waals surface area contributed by atoms with Crippen LogP contribution in [0.1, 0.15) is 48.4 Å². The second-order valence-corrected chi connectivity index (χ2v) is 8.63. The van der Waals surface area contributed by atoms with Gasteiger partial charge in [0.2, 0.25) is 0 Å². The van der Waals surface area contributed by atoms with E-state index in [4.69, 9.17) is 0 Å². The molecule has 0 spiro atoms. The van der Waals surface area contributed by atoms with Crippen molar-refractivity contribution < 1.29 is 49.4 Å². The number of halogens is 8. The van der Waals surface area contributed by atoms with Crippen LogP contribution in [0.3, 0.4) is 0 Å². The Morgan fingerprint density at radius 1 is 1.15 bits per heavy atom. The summed E-state index contributed by atoms with van der Waals surface area (Å²) in [5, 5.41) is 6.96. The molecule has 0 bridgehead atoms. The number of likely N-dealkylation sites (tertiary alicyclic amines) is 1. The van der Waals surface area contributed by atoms with Crippen molar-refractivity contribution in [3.05, 3.63) is 17.0 Å². The third-order valence-corrected chi connectivity index (χ3v) is 6.28. The number of hydrogen-bond acceptors (Lipinski definition) is 5. The van der Waals surface area contributed by atoms with Crippen molar-refractivity contribution in [2.24, 2.45) is 0 Å². The molecule has 1 N–H and O–H groups in total. The minimum Gasteiger partial charge on any atom is -0.423 e. The molecule has 2 aliphatic heterocycles. The van der Waals surface area contributed by atoms with E-state index in [1.165, 1.54) is 0 Å². The molecular formula is C19H20F8N4O3. The minimum atomic E-state index is -5.55. The molecule has 1 aromatic rings. The van der Waals surface area contributed by atoms with Crippen LogP contribution in [0.25, 0.3) is 0 Å². The molecule has 1 amide bonds. The van der Waals surface area contributed by atoms with Gasteiger partial charge >= 0.3 is 18.3 Å². The highest BCUT2D eigenvalue weighted by molar-refractivity contribution is 5.84. The smallest absolute Gasteiger partial charge is 0.423 e. The van der Waals surface area contributed by atoms with Gasteiger partial charge in [-0.05, 0) is 19.3 Å². The number of carbonyl (C=O) groups is 2. The van der Waals surface area contributed by atoms with Crippen LogP contribution in [0, 0.1) is 0 Å². The van der Waals surface area contributed by atoms with Gasteiger partial charge in [0.15, 0.2) is 0 Å².